The maximum Gasteiger partial charge on any atom is 0.257 e. The molecule has 0 unspecified atom stereocenters. The van der Waals surface area contributed by atoms with E-state index in [-0.39, 0.29) is 17.1 Å². The summed E-state index contributed by atoms with van der Waals surface area (Å²) in [4.78, 5) is 12.3. The Labute approximate surface area is 159 Å². The van der Waals surface area contributed by atoms with Gasteiger partial charge >= 0.3 is 0 Å². The monoisotopic (exact) mass is 372 g/mol. The van der Waals surface area contributed by atoms with Crippen LogP contribution in [0.2, 0.25) is 0 Å². The van der Waals surface area contributed by atoms with Crippen molar-refractivity contribution in [2.45, 2.75) is 33.3 Å². The van der Waals surface area contributed by atoms with Crippen molar-refractivity contribution in [1.29, 1.82) is 0 Å². The second kappa shape index (κ2) is 9.77. The first-order valence-electron chi connectivity index (χ1n) is 8.60. The van der Waals surface area contributed by atoms with Crippen molar-refractivity contribution >= 4 is 28.9 Å². The van der Waals surface area contributed by atoms with E-state index in [0.717, 1.165) is 23.6 Å². The molecule has 2 aromatic carbocycles. The maximum atomic E-state index is 12.3. The van der Waals surface area contributed by atoms with E-state index < -0.39 is 0 Å². The van der Waals surface area contributed by atoms with Crippen LogP contribution in [0.1, 0.15) is 37.6 Å². The zero-order chi connectivity index (χ0) is 18.9. The van der Waals surface area contributed by atoms with Crippen LogP contribution in [0.5, 0.6) is 11.5 Å². The fourth-order valence-corrected chi connectivity index (χ4v) is 2.39. The summed E-state index contributed by atoms with van der Waals surface area (Å²) in [5, 5.41) is 5.88. The summed E-state index contributed by atoms with van der Waals surface area (Å²) in [5.74, 6) is 1.20. The number of amides is 1. The molecule has 6 heteroatoms. The van der Waals surface area contributed by atoms with E-state index in [0.29, 0.717) is 12.2 Å². The Balaban J connectivity index is 1.91. The number of thiocarbonyl (C=S) groups is 1. The second-order valence-corrected chi connectivity index (χ2v) is 6.38. The number of ether oxygens (including phenoxy) is 2. The SMILES string of the molecule is CCCOc1ccc(C(=O)NC(=S)Nc2cccc(OC(C)C)c2)cc1. The predicted octanol–water partition coefficient (Wildman–Crippen LogP) is 4.39. The van der Waals surface area contributed by atoms with Gasteiger partial charge in [0.25, 0.3) is 5.91 Å². The fourth-order valence-electron chi connectivity index (χ4n) is 2.18. The average molecular weight is 372 g/mol. The number of hydrogen-bond donors (Lipinski definition) is 2. The molecule has 0 heterocycles. The molecule has 1 amide bonds. The lowest BCUT2D eigenvalue weighted by molar-refractivity contribution is 0.0977. The van der Waals surface area contributed by atoms with Gasteiger partial charge in [-0.2, -0.15) is 0 Å². The quantitative estimate of drug-likeness (QED) is 0.706. The van der Waals surface area contributed by atoms with Crippen molar-refractivity contribution in [3.63, 3.8) is 0 Å². The lowest BCUT2D eigenvalue weighted by atomic mass is 10.2. The van der Waals surface area contributed by atoms with E-state index in [2.05, 4.69) is 10.6 Å². The standard InChI is InChI=1S/C20H24N2O3S/c1-4-12-24-17-10-8-15(9-11-17)19(23)22-20(26)21-16-6-5-7-18(13-16)25-14(2)3/h5-11,13-14H,4,12H2,1-3H3,(H2,21,22,23,26). The molecule has 0 aromatic heterocycles. The molecule has 26 heavy (non-hydrogen) atoms. The number of carbonyl (C=O) groups is 1. The smallest absolute Gasteiger partial charge is 0.257 e. The third-order valence-corrected chi connectivity index (χ3v) is 3.48. The van der Waals surface area contributed by atoms with Crippen LogP contribution >= 0.6 is 12.2 Å². The van der Waals surface area contributed by atoms with Crippen LogP contribution in [0.4, 0.5) is 5.69 Å². The molecule has 2 N–H and O–H groups in total. The van der Waals surface area contributed by atoms with Crippen LogP contribution in [0, 0.1) is 0 Å². The Kier molecular flexibility index (Phi) is 7.41. The molecule has 0 bridgehead atoms. The highest BCUT2D eigenvalue weighted by atomic mass is 32.1. The van der Waals surface area contributed by atoms with Crippen molar-refractivity contribution in [3.05, 3.63) is 54.1 Å². The summed E-state index contributed by atoms with van der Waals surface area (Å²) < 4.78 is 11.2. The molecular formula is C20H24N2O3S. The lowest BCUT2D eigenvalue weighted by Gasteiger charge is -2.13. The van der Waals surface area contributed by atoms with Gasteiger partial charge in [0, 0.05) is 17.3 Å². The van der Waals surface area contributed by atoms with E-state index in [1.165, 1.54) is 0 Å². The first-order valence-corrected chi connectivity index (χ1v) is 9.00. The molecular weight excluding hydrogens is 348 g/mol. The Bertz CT molecular complexity index is 745. The minimum atomic E-state index is -0.279. The zero-order valence-electron chi connectivity index (χ0n) is 15.2. The highest BCUT2D eigenvalue weighted by molar-refractivity contribution is 7.80. The molecule has 2 rings (SSSR count). The minimum absolute atomic E-state index is 0.0844. The minimum Gasteiger partial charge on any atom is -0.494 e. The Hall–Kier alpha value is -2.60. The summed E-state index contributed by atoms with van der Waals surface area (Å²) in [5.41, 5.74) is 1.26. The maximum absolute atomic E-state index is 12.3. The number of anilines is 1. The molecule has 0 spiro atoms. The Morgan fingerprint density at radius 1 is 1.12 bits per heavy atom. The molecule has 2 aromatic rings. The van der Waals surface area contributed by atoms with Gasteiger partial charge in [-0.25, -0.2) is 0 Å². The van der Waals surface area contributed by atoms with E-state index in [1.54, 1.807) is 24.3 Å². The number of carbonyl (C=O) groups excluding carboxylic acids is 1. The van der Waals surface area contributed by atoms with Crippen molar-refractivity contribution < 1.29 is 14.3 Å². The summed E-state index contributed by atoms with van der Waals surface area (Å²) in [6, 6.07) is 14.4. The van der Waals surface area contributed by atoms with Crippen LogP contribution in [0.15, 0.2) is 48.5 Å². The lowest BCUT2D eigenvalue weighted by Crippen LogP contribution is -2.34. The van der Waals surface area contributed by atoms with Crippen molar-refractivity contribution in [2.75, 3.05) is 11.9 Å². The van der Waals surface area contributed by atoms with Gasteiger partial charge in [0.05, 0.1) is 12.7 Å². The average Bonchev–Trinajstić information content (AvgIpc) is 2.60. The molecule has 0 atom stereocenters. The van der Waals surface area contributed by atoms with Crippen molar-refractivity contribution in [3.8, 4) is 11.5 Å². The molecule has 0 saturated carbocycles. The van der Waals surface area contributed by atoms with Gasteiger partial charge in [0.1, 0.15) is 11.5 Å². The zero-order valence-corrected chi connectivity index (χ0v) is 16.1. The van der Waals surface area contributed by atoms with Gasteiger partial charge in [0.2, 0.25) is 0 Å². The molecule has 5 nitrogen and oxygen atoms in total. The van der Waals surface area contributed by atoms with Gasteiger partial charge < -0.3 is 14.8 Å². The van der Waals surface area contributed by atoms with Crippen LogP contribution in [0.25, 0.3) is 0 Å². The third kappa shape index (κ3) is 6.37. The molecule has 138 valence electrons. The summed E-state index contributed by atoms with van der Waals surface area (Å²) in [6.45, 7) is 6.62. The van der Waals surface area contributed by atoms with E-state index in [1.807, 2.05) is 45.0 Å². The molecule has 0 aliphatic rings. The van der Waals surface area contributed by atoms with Crippen LogP contribution < -0.4 is 20.1 Å². The van der Waals surface area contributed by atoms with Gasteiger partial charge in [-0.1, -0.05) is 13.0 Å². The normalized spacial score (nSPS) is 10.3. The van der Waals surface area contributed by atoms with Crippen LogP contribution in [-0.2, 0) is 0 Å². The largest absolute Gasteiger partial charge is 0.494 e. The Morgan fingerprint density at radius 2 is 1.85 bits per heavy atom. The molecule has 0 fully saturated rings. The van der Waals surface area contributed by atoms with Gasteiger partial charge in [-0.15, -0.1) is 0 Å². The third-order valence-electron chi connectivity index (χ3n) is 3.28. The van der Waals surface area contributed by atoms with Gasteiger partial charge in [0.15, 0.2) is 5.11 Å². The molecule has 0 radical (unpaired) electrons. The highest BCUT2D eigenvalue weighted by Gasteiger charge is 2.09. The molecule has 0 aliphatic carbocycles. The first-order chi connectivity index (χ1) is 12.5. The van der Waals surface area contributed by atoms with E-state index in [9.17, 15) is 4.79 Å². The molecule has 0 saturated heterocycles. The topological polar surface area (TPSA) is 59.6 Å². The summed E-state index contributed by atoms with van der Waals surface area (Å²) in [7, 11) is 0. The fraction of sp³-hybridized carbons (Fsp3) is 0.300. The number of hydrogen-bond acceptors (Lipinski definition) is 4. The van der Waals surface area contributed by atoms with Gasteiger partial charge in [-0.3, -0.25) is 10.1 Å². The first kappa shape index (κ1) is 19.7. The number of rotatable bonds is 7. The van der Waals surface area contributed by atoms with Crippen molar-refractivity contribution in [2.24, 2.45) is 0 Å². The van der Waals surface area contributed by atoms with Crippen LogP contribution in [-0.4, -0.2) is 23.7 Å². The second-order valence-electron chi connectivity index (χ2n) is 5.98. The predicted molar refractivity (Wildman–Crippen MR) is 108 cm³/mol. The molecule has 0 aliphatic heterocycles. The number of benzene rings is 2. The highest BCUT2D eigenvalue weighted by Crippen LogP contribution is 2.18. The summed E-state index contributed by atoms with van der Waals surface area (Å²) in [6.07, 6.45) is 1.02. The van der Waals surface area contributed by atoms with E-state index >= 15 is 0 Å². The van der Waals surface area contributed by atoms with E-state index in [4.69, 9.17) is 21.7 Å². The Morgan fingerprint density at radius 3 is 2.50 bits per heavy atom. The van der Waals surface area contributed by atoms with Crippen LogP contribution in [0.3, 0.4) is 0 Å². The van der Waals surface area contributed by atoms with Gasteiger partial charge in [-0.05, 0) is 68.9 Å². The number of nitrogens with one attached hydrogen (secondary N) is 2. The van der Waals surface area contributed by atoms with Crippen molar-refractivity contribution in [1.82, 2.24) is 5.32 Å². The summed E-state index contributed by atoms with van der Waals surface area (Å²) >= 11 is 5.22.